The van der Waals surface area contributed by atoms with Crippen molar-refractivity contribution < 1.29 is 56.0 Å². The van der Waals surface area contributed by atoms with Crippen LogP contribution in [0.1, 0.15) is 33.9 Å². The van der Waals surface area contributed by atoms with Gasteiger partial charge in [-0.1, -0.05) is 0 Å². The lowest BCUT2D eigenvalue weighted by molar-refractivity contribution is -0.132. The number of aromatic nitrogens is 4. The van der Waals surface area contributed by atoms with Crippen molar-refractivity contribution in [2.75, 3.05) is 25.7 Å². The average molecular weight is 563 g/mol. The van der Waals surface area contributed by atoms with Crippen LogP contribution in [0.4, 0.5) is 19.8 Å². The van der Waals surface area contributed by atoms with E-state index in [0.717, 1.165) is 6.08 Å². The first-order chi connectivity index (χ1) is 18.0. The maximum atomic E-state index is 14.7. The molecule has 0 bridgehead atoms. The Balaban J connectivity index is 1.61. The molecular formula is C20H27FN5O11P. The van der Waals surface area contributed by atoms with E-state index in [1.807, 2.05) is 0 Å². The molecule has 0 spiro atoms. The SMILES string of the molecule is CC(C)OC(=O)OCOP(=O)(CO[C@@H]1C=C(F)[C@H](n2cnc3c(N)ncnc32)O1)OCOC(=O)OC(C)C. The second kappa shape index (κ2) is 12.9. The predicted molar refractivity (Wildman–Crippen MR) is 124 cm³/mol. The molecule has 1 aliphatic rings. The zero-order valence-corrected chi connectivity index (χ0v) is 21.7. The third kappa shape index (κ3) is 8.06. The van der Waals surface area contributed by atoms with Crippen molar-refractivity contribution in [3.8, 4) is 0 Å². The van der Waals surface area contributed by atoms with Crippen molar-refractivity contribution in [2.24, 2.45) is 0 Å². The molecule has 2 atom stereocenters. The fourth-order valence-electron chi connectivity index (χ4n) is 2.81. The largest absolute Gasteiger partial charge is 0.510 e. The molecule has 0 aliphatic carbocycles. The first-order valence-electron chi connectivity index (χ1n) is 11.1. The highest BCUT2D eigenvalue weighted by Gasteiger charge is 2.35. The second-order valence-corrected chi connectivity index (χ2v) is 10.0. The van der Waals surface area contributed by atoms with Crippen LogP contribution in [-0.4, -0.2) is 70.3 Å². The number of anilines is 1. The van der Waals surface area contributed by atoms with E-state index in [-0.39, 0.29) is 17.0 Å². The average Bonchev–Trinajstić information content (AvgIpc) is 3.40. The van der Waals surface area contributed by atoms with Crippen LogP contribution in [0.3, 0.4) is 0 Å². The van der Waals surface area contributed by atoms with Crippen LogP contribution in [0.25, 0.3) is 11.2 Å². The molecule has 0 unspecified atom stereocenters. The third-order valence-corrected chi connectivity index (χ3v) is 5.81. The molecule has 3 rings (SSSR count). The molecule has 38 heavy (non-hydrogen) atoms. The number of hydrogen-bond acceptors (Lipinski definition) is 15. The van der Waals surface area contributed by atoms with E-state index in [2.05, 4.69) is 24.4 Å². The molecule has 0 saturated carbocycles. The highest BCUT2D eigenvalue weighted by Crippen LogP contribution is 2.49. The number of nitrogens with zero attached hydrogens (tertiary/aromatic N) is 4. The summed E-state index contributed by atoms with van der Waals surface area (Å²) in [4.78, 5) is 35.0. The van der Waals surface area contributed by atoms with E-state index in [1.54, 1.807) is 27.7 Å². The summed E-state index contributed by atoms with van der Waals surface area (Å²) in [5, 5.41) is 0. The van der Waals surface area contributed by atoms with E-state index < -0.39 is 70.4 Å². The van der Waals surface area contributed by atoms with Gasteiger partial charge in [-0.25, -0.2) is 28.9 Å². The fraction of sp³-hybridized carbons (Fsp3) is 0.550. The monoisotopic (exact) mass is 563 g/mol. The second-order valence-electron chi connectivity index (χ2n) is 8.01. The number of imidazole rings is 1. The molecule has 2 N–H and O–H groups in total. The van der Waals surface area contributed by atoms with Gasteiger partial charge < -0.3 is 34.2 Å². The Morgan fingerprint density at radius 3 is 2.26 bits per heavy atom. The van der Waals surface area contributed by atoms with Gasteiger partial charge >= 0.3 is 19.9 Å². The third-order valence-electron chi connectivity index (χ3n) is 4.35. The summed E-state index contributed by atoms with van der Waals surface area (Å²) in [6, 6.07) is 0. The molecule has 2 aromatic heterocycles. The first kappa shape index (κ1) is 29.2. The molecule has 18 heteroatoms. The number of fused-ring (bicyclic) bond motifs is 1. The van der Waals surface area contributed by atoms with Gasteiger partial charge in [0.15, 0.2) is 36.2 Å². The van der Waals surface area contributed by atoms with Gasteiger partial charge in [-0.05, 0) is 27.7 Å². The Kier molecular flexibility index (Phi) is 9.93. The van der Waals surface area contributed by atoms with Gasteiger partial charge in [-0.2, -0.15) is 0 Å². The Morgan fingerprint density at radius 2 is 1.68 bits per heavy atom. The highest BCUT2D eigenvalue weighted by atomic mass is 31.2. The number of hydrogen-bond donors (Lipinski definition) is 1. The fourth-order valence-corrected chi connectivity index (χ4v) is 3.79. The van der Waals surface area contributed by atoms with Crippen LogP contribution in [0, 0.1) is 0 Å². The summed E-state index contributed by atoms with van der Waals surface area (Å²) in [5.41, 5.74) is 6.20. The zero-order valence-electron chi connectivity index (χ0n) is 20.8. The number of halogens is 1. The van der Waals surface area contributed by atoms with Crippen LogP contribution in [0.5, 0.6) is 0 Å². The lowest BCUT2D eigenvalue weighted by atomic mass is 10.4. The van der Waals surface area contributed by atoms with Gasteiger partial charge in [0, 0.05) is 6.08 Å². The summed E-state index contributed by atoms with van der Waals surface area (Å²) < 4.78 is 68.9. The lowest BCUT2D eigenvalue weighted by Crippen LogP contribution is -2.19. The highest BCUT2D eigenvalue weighted by molar-refractivity contribution is 7.53. The Labute approximate surface area is 215 Å². The number of carbonyl (C=O) groups is 2. The minimum atomic E-state index is -4.27. The van der Waals surface area contributed by atoms with Crippen molar-refractivity contribution >= 4 is 36.9 Å². The van der Waals surface area contributed by atoms with Gasteiger partial charge in [0.2, 0.25) is 13.6 Å². The molecule has 0 radical (unpaired) electrons. The Morgan fingerprint density at radius 1 is 1.08 bits per heavy atom. The van der Waals surface area contributed by atoms with Crippen molar-refractivity contribution in [3.05, 3.63) is 24.6 Å². The standard InChI is InChI=1S/C20H27FN5O11P/c1-11(2)35-19(27)30-8-33-38(29,34-9-31-20(28)36-12(3)4)10-32-14-5-13(21)18(37-14)26-7-25-15-16(22)23-6-24-17(15)26/h5-7,11-12,14,18H,8-10H2,1-4H3,(H2,22,23,24)/t14-,18+/m0/s1. The van der Waals surface area contributed by atoms with Crippen LogP contribution in [0.2, 0.25) is 0 Å². The van der Waals surface area contributed by atoms with Crippen LogP contribution < -0.4 is 5.73 Å². The van der Waals surface area contributed by atoms with Crippen molar-refractivity contribution in [1.82, 2.24) is 19.5 Å². The summed E-state index contributed by atoms with van der Waals surface area (Å²) >= 11 is 0. The quantitative estimate of drug-likeness (QED) is 0.224. The Hall–Kier alpha value is -3.37. The smallest absolute Gasteiger partial charge is 0.432 e. The maximum absolute atomic E-state index is 14.7. The molecular weight excluding hydrogens is 536 g/mol. The topological polar surface area (TPSA) is 195 Å². The minimum Gasteiger partial charge on any atom is -0.432 e. The van der Waals surface area contributed by atoms with Crippen molar-refractivity contribution in [3.63, 3.8) is 0 Å². The van der Waals surface area contributed by atoms with Gasteiger partial charge in [0.05, 0.1) is 18.5 Å². The van der Waals surface area contributed by atoms with E-state index in [1.165, 1.54) is 17.2 Å². The van der Waals surface area contributed by atoms with Crippen LogP contribution in [-0.2, 0) is 42.0 Å². The van der Waals surface area contributed by atoms with Gasteiger partial charge in [-0.15, -0.1) is 0 Å². The number of rotatable bonds is 12. The Bertz CT molecular complexity index is 1180. The van der Waals surface area contributed by atoms with E-state index in [4.69, 9.17) is 33.7 Å². The first-order valence-corrected chi connectivity index (χ1v) is 12.8. The predicted octanol–water partition coefficient (Wildman–Crippen LogP) is 3.36. The van der Waals surface area contributed by atoms with Gasteiger partial charge in [-0.3, -0.25) is 18.2 Å². The van der Waals surface area contributed by atoms with E-state index in [0.29, 0.717) is 0 Å². The lowest BCUT2D eigenvalue weighted by Gasteiger charge is -2.21. The van der Waals surface area contributed by atoms with Crippen LogP contribution in [0.15, 0.2) is 24.6 Å². The summed E-state index contributed by atoms with van der Waals surface area (Å²) in [7, 11) is -4.27. The van der Waals surface area contributed by atoms with Gasteiger partial charge in [0.1, 0.15) is 11.8 Å². The summed E-state index contributed by atoms with van der Waals surface area (Å²) in [6.45, 7) is 4.65. The molecule has 0 amide bonds. The van der Waals surface area contributed by atoms with Crippen molar-refractivity contribution in [1.29, 1.82) is 0 Å². The molecule has 2 aromatic rings. The van der Waals surface area contributed by atoms with Crippen molar-refractivity contribution in [2.45, 2.75) is 52.4 Å². The normalized spacial score (nSPS) is 17.6. The summed E-state index contributed by atoms with van der Waals surface area (Å²) in [5.74, 6) is -0.666. The molecule has 3 heterocycles. The molecule has 1 aliphatic heterocycles. The minimum absolute atomic E-state index is 0.0955. The van der Waals surface area contributed by atoms with E-state index >= 15 is 0 Å². The zero-order chi connectivity index (χ0) is 27.9. The maximum Gasteiger partial charge on any atom is 0.510 e. The number of carbonyl (C=O) groups excluding carboxylic acids is 2. The summed E-state index contributed by atoms with van der Waals surface area (Å²) in [6.07, 6.45) is -3.20. The molecule has 210 valence electrons. The molecule has 0 fully saturated rings. The molecule has 16 nitrogen and oxygen atoms in total. The number of nitrogen functional groups attached to an aromatic ring is 1. The molecule has 0 saturated heterocycles. The number of ether oxygens (including phenoxy) is 6. The van der Waals surface area contributed by atoms with Crippen LogP contribution >= 0.6 is 7.60 Å². The van der Waals surface area contributed by atoms with Gasteiger partial charge in [0.25, 0.3) is 0 Å². The van der Waals surface area contributed by atoms with E-state index in [9.17, 15) is 18.5 Å². The number of nitrogens with two attached hydrogens (primary N) is 1. The molecule has 0 aromatic carbocycles.